The third-order valence-corrected chi connectivity index (χ3v) is 4.25. The smallest absolute Gasteiger partial charge is 0.211 e. The summed E-state index contributed by atoms with van der Waals surface area (Å²) in [5.41, 5.74) is 7.69. The first-order valence-electron chi connectivity index (χ1n) is 7.38. The fourth-order valence-corrected chi connectivity index (χ4v) is 3.15. The molecule has 0 atom stereocenters. The second-order valence-corrected chi connectivity index (χ2v) is 5.57. The number of aromatic nitrogens is 1. The molecule has 24 heavy (non-hydrogen) atoms. The minimum Gasteiger partial charge on any atom is -0.398 e. The van der Waals surface area contributed by atoms with Crippen molar-refractivity contribution in [3.63, 3.8) is 0 Å². The van der Waals surface area contributed by atoms with E-state index in [-0.39, 0.29) is 22.4 Å². The van der Waals surface area contributed by atoms with Gasteiger partial charge in [0, 0.05) is 27.7 Å². The number of para-hydroxylation sites is 2. The highest BCUT2D eigenvalue weighted by atomic mass is 16.1. The van der Waals surface area contributed by atoms with E-state index in [0.29, 0.717) is 28.4 Å². The van der Waals surface area contributed by atoms with Gasteiger partial charge in [0.15, 0.2) is 12.1 Å². The standard InChI is InChI=1S/C19H12N2O3/c20-13-7-3-1-5-10(13)15-12(9-22)18(23)16-11-6-2-4-8-14(11)21-17(16)19(15)24/h1-9,21H,20H2. The number of aldehydes is 1. The van der Waals surface area contributed by atoms with E-state index in [1.807, 2.05) is 6.07 Å². The first kappa shape index (κ1) is 14.1. The number of aromatic amines is 1. The highest BCUT2D eigenvalue weighted by molar-refractivity contribution is 6.47. The number of Topliss-reactive ketones (excluding diaryl/α,β-unsaturated/α-hetero) is 2. The van der Waals surface area contributed by atoms with Gasteiger partial charge in [0.1, 0.15) is 0 Å². The summed E-state index contributed by atoms with van der Waals surface area (Å²) < 4.78 is 0. The molecule has 1 aliphatic carbocycles. The van der Waals surface area contributed by atoms with Gasteiger partial charge in [0.25, 0.3) is 0 Å². The summed E-state index contributed by atoms with van der Waals surface area (Å²) in [5, 5.41) is 0.630. The maximum atomic E-state index is 13.0. The highest BCUT2D eigenvalue weighted by Crippen LogP contribution is 2.36. The Labute approximate surface area is 136 Å². The second-order valence-electron chi connectivity index (χ2n) is 5.57. The molecular weight excluding hydrogens is 304 g/mol. The number of ketones is 2. The lowest BCUT2D eigenvalue weighted by Crippen LogP contribution is -2.22. The summed E-state index contributed by atoms with van der Waals surface area (Å²) in [6, 6.07) is 13.8. The third kappa shape index (κ3) is 1.78. The molecule has 0 radical (unpaired) electrons. The van der Waals surface area contributed by atoms with Crippen molar-refractivity contribution in [3.8, 4) is 0 Å². The van der Waals surface area contributed by atoms with Gasteiger partial charge in [-0.1, -0.05) is 36.4 Å². The molecule has 0 spiro atoms. The van der Waals surface area contributed by atoms with Crippen LogP contribution in [-0.4, -0.2) is 22.8 Å². The Kier molecular flexibility index (Phi) is 2.96. The minimum atomic E-state index is -0.463. The average Bonchev–Trinajstić information content (AvgIpc) is 2.99. The van der Waals surface area contributed by atoms with Gasteiger partial charge < -0.3 is 10.7 Å². The monoisotopic (exact) mass is 316 g/mol. The van der Waals surface area contributed by atoms with Crippen LogP contribution in [-0.2, 0) is 4.79 Å². The first-order valence-corrected chi connectivity index (χ1v) is 7.38. The zero-order valence-corrected chi connectivity index (χ0v) is 12.5. The molecule has 1 heterocycles. The van der Waals surface area contributed by atoms with Crippen LogP contribution in [0.2, 0.25) is 0 Å². The molecule has 0 saturated carbocycles. The van der Waals surface area contributed by atoms with Crippen molar-refractivity contribution in [2.45, 2.75) is 0 Å². The number of rotatable bonds is 2. The van der Waals surface area contributed by atoms with Crippen LogP contribution in [0.15, 0.2) is 54.1 Å². The lowest BCUT2D eigenvalue weighted by atomic mass is 9.83. The summed E-state index contributed by atoms with van der Waals surface area (Å²) in [6.07, 6.45) is 0.437. The Morgan fingerprint density at radius 2 is 1.62 bits per heavy atom. The van der Waals surface area contributed by atoms with Gasteiger partial charge in [0.05, 0.1) is 16.8 Å². The van der Waals surface area contributed by atoms with Crippen LogP contribution in [0.1, 0.15) is 26.4 Å². The number of hydrogen-bond acceptors (Lipinski definition) is 4. The predicted molar refractivity (Wildman–Crippen MR) is 90.8 cm³/mol. The molecular formula is C19H12N2O3. The Balaban J connectivity index is 2.06. The van der Waals surface area contributed by atoms with Gasteiger partial charge in [0.2, 0.25) is 5.78 Å². The zero-order chi connectivity index (χ0) is 16.8. The van der Waals surface area contributed by atoms with Crippen molar-refractivity contribution in [2.24, 2.45) is 0 Å². The molecule has 5 nitrogen and oxygen atoms in total. The van der Waals surface area contributed by atoms with Gasteiger partial charge in [-0.2, -0.15) is 0 Å². The number of nitrogens with one attached hydrogen (secondary N) is 1. The van der Waals surface area contributed by atoms with Crippen molar-refractivity contribution < 1.29 is 14.4 Å². The maximum absolute atomic E-state index is 13.0. The summed E-state index contributed by atoms with van der Waals surface area (Å²) in [5.74, 6) is -0.865. The fraction of sp³-hybridized carbons (Fsp3) is 0. The third-order valence-electron chi connectivity index (χ3n) is 4.25. The van der Waals surface area contributed by atoms with Crippen molar-refractivity contribution >= 4 is 40.0 Å². The second kappa shape index (κ2) is 5.03. The lowest BCUT2D eigenvalue weighted by molar-refractivity contribution is -0.104. The molecule has 0 aliphatic heterocycles. The highest BCUT2D eigenvalue weighted by Gasteiger charge is 2.36. The van der Waals surface area contributed by atoms with Gasteiger partial charge >= 0.3 is 0 Å². The number of carbonyl (C=O) groups is 3. The first-order chi connectivity index (χ1) is 11.6. The van der Waals surface area contributed by atoms with E-state index >= 15 is 0 Å². The SMILES string of the molecule is Nc1ccccc1C1=C(C=O)C(=O)c2c([nH]c3ccccc23)C1=O. The molecule has 3 aromatic rings. The lowest BCUT2D eigenvalue weighted by Gasteiger charge is -2.17. The quantitative estimate of drug-likeness (QED) is 0.432. The van der Waals surface area contributed by atoms with Gasteiger partial charge in [-0.15, -0.1) is 0 Å². The number of carbonyl (C=O) groups excluding carboxylic acids is 3. The van der Waals surface area contributed by atoms with Crippen LogP contribution in [0, 0.1) is 0 Å². The van der Waals surface area contributed by atoms with E-state index in [1.165, 1.54) is 0 Å². The molecule has 116 valence electrons. The van der Waals surface area contributed by atoms with Crippen LogP contribution in [0.5, 0.6) is 0 Å². The van der Waals surface area contributed by atoms with Crippen LogP contribution in [0.3, 0.4) is 0 Å². The number of allylic oxidation sites excluding steroid dienone is 2. The Hall–Kier alpha value is -3.47. The van der Waals surface area contributed by atoms with Gasteiger partial charge in [-0.25, -0.2) is 0 Å². The van der Waals surface area contributed by atoms with E-state index in [2.05, 4.69) is 4.98 Å². The summed E-state index contributed by atoms with van der Waals surface area (Å²) >= 11 is 0. The molecule has 5 heteroatoms. The van der Waals surface area contributed by atoms with Crippen molar-refractivity contribution in [3.05, 3.63) is 70.9 Å². The number of fused-ring (bicyclic) bond motifs is 3. The topological polar surface area (TPSA) is 93.0 Å². The van der Waals surface area contributed by atoms with Crippen LogP contribution < -0.4 is 5.73 Å². The molecule has 0 unspecified atom stereocenters. The molecule has 0 bridgehead atoms. The van der Waals surface area contributed by atoms with E-state index in [1.54, 1.807) is 42.5 Å². The minimum absolute atomic E-state index is 0.0483. The molecule has 0 fully saturated rings. The number of nitrogens with two attached hydrogens (primary N) is 1. The fourth-order valence-electron chi connectivity index (χ4n) is 3.15. The summed E-state index contributed by atoms with van der Waals surface area (Å²) in [7, 11) is 0. The van der Waals surface area contributed by atoms with Crippen LogP contribution in [0.4, 0.5) is 5.69 Å². The molecule has 2 aromatic carbocycles. The molecule has 3 N–H and O–H groups in total. The number of anilines is 1. The average molecular weight is 316 g/mol. The zero-order valence-electron chi connectivity index (χ0n) is 12.5. The molecule has 1 aliphatic rings. The number of hydrogen-bond donors (Lipinski definition) is 2. The Morgan fingerprint density at radius 3 is 2.38 bits per heavy atom. The predicted octanol–water partition coefficient (Wildman–Crippen LogP) is 2.78. The molecule has 1 aromatic heterocycles. The Bertz CT molecular complexity index is 1070. The van der Waals surface area contributed by atoms with E-state index in [4.69, 9.17) is 5.73 Å². The van der Waals surface area contributed by atoms with Crippen molar-refractivity contribution in [1.29, 1.82) is 0 Å². The van der Waals surface area contributed by atoms with Crippen LogP contribution >= 0.6 is 0 Å². The molecule has 0 saturated heterocycles. The van der Waals surface area contributed by atoms with Gasteiger partial charge in [-0.05, 0) is 12.1 Å². The van der Waals surface area contributed by atoms with Gasteiger partial charge in [-0.3, -0.25) is 14.4 Å². The normalized spacial score (nSPS) is 14.2. The number of benzene rings is 2. The van der Waals surface area contributed by atoms with E-state index in [0.717, 1.165) is 0 Å². The molecule has 4 rings (SSSR count). The molecule has 0 amide bonds. The van der Waals surface area contributed by atoms with Crippen molar-refractivity contribution in [1.82, 2.24) is 4.98 Å². The largest absolute Gasteiger partial charge is 0.398 e. The van der Waals surface area contributed by atoms with Crippen LogP contribution in [0.25, 0.3) is 16.5 Å². The number of nitrogen functional groups attached to an aromatic ring is 1. The van der Waals surface area contributed by atoms with Crippen molar-refractivity contribution in [2.75, 3.05) is 5.73 Å². The van der Waals surface area contributed by atoms with E-state index < -0.39 is 11.6 Å². The maximum Gasteiger partial charge on any atom is 0.211 e. The summed E-state index contributed by atoms with van der Waals surface area (Å²) in [6.45, 7) is 0. The Morgan fingerprint density at radius 1 is 0.917 bits per heavy atom. The van der Waals surface area contributed by atoms with E-state index in [9.17, 15) is 14.4 Å². The number of H-pyrrole nitrogens is 1. The summed E-state index contributed by atoms with van der Waals surface area (Å²) in [4.78, 5) is 40.5.